The lowest BCUT2D eigenvalue weighted by Gasteiger charge is -2.21. The smallest absolute Gasteiger partial charge is 0.315 e. The maximum atomic E-state index is 11.9. The molecule has 0 aliphatic rings. The van der Waals surface area contributed by atoms with Crippen molar-refractivity contribution >= 4 is 6.03 Å². The van der Waals surface area contributed by atoms with Crippen molar-refractivity contribution < 1.29 is 14.3 Å². The Morgan fingerprint density at radius 2 is 2.17 bits per heavy atom. The van der Waals surface area contributed by atoms with E-state index in [0.717, 1.165) is 23.5 Å². The lowest BCUT2D eigenvalue weighted by molar-refractivity contribution is 0.0367. The number of hydrogen-bond donors (Lipinski definition) is 3. The molecular weight excluding hydrogens is 296 g/mol. The van der Waals surface area contributed by atoms with Crippen molar-refractivity contribution in [3.05, 3.63) is 41.1 Å². The Hall–Kier alpha value is -2.28. The molecule has 2 aromatic heterocycles. The Kier molecular flexibility index (Phi) is 5.10. The molecule has 0 spiro atoms. The van der Waals surface area contributed by atoms with Gasteiger partial charge in [-0.25, -0.2) is 4.79 Å². The zero-order valence-electron chi connectivity index (χ0n) is 14.0. The third kappa shape index (κ3) is 3.92. The summed E-state index contributed by atoms with van der Waals surface area (Å²) in [7, 11) is 0. The molecule has 0 bridgehead atoms. The number of nitrogens with zero attached hydrogens (tertiary/aromatic N) is 2. The summed E-state index contributed by atoms with van der Waals surface area (Å²) in [5.41, 5.74) is 1.72. The fraction of sp³-hybridized carbons (Fsp3) is 0.500. The van der Waals surface area contributed by atoms with Crippen molar-refractivity contribution in [3.63, 3.8) is 0 Å². The third-order valence-electron chi connectivity index (χ3n) is 3.90. The van der Waals surface area contributed by atoms with Gasteiger partial charge in [-0.1, -0.05) is 0 Å². The molecule has 0 saturated carbocycles. The van der Waals surface area contributed by atoms with Crippen LogP contribution < -0.4 is 10.6 Å². The molecule has 7 nitrogen and oxygen atoms in total. The number of nitrogens with one attached hydrogen (secondary N) is 2. The standard InChI is InChI=1S/C16H24N4O3/c1-5-20-12(3)13(11(2)19-20)9-17-15(21)18-10-16(4,22)14-7-6-8-23-14/h6-8,22H,5,9-10H2,1-4H3,(H2,17,18,21)/t16-/m1/s1. The first kappa shape index (κ1) is 17.1. The Balaban J connectivity index is 1.87. The first-order valence-electron chi connectivity index (χ1n) is 7.66. The molecule has 1 atom stereocenters. The van der Waals surface area contributed by atoms with Crippen molar-refractivity contribution in [2.24, 2.45) is 0 Å². The minimum atomic E-state index is -1.25. The van der Waals surface area contributed by atoms with E-state index in [-0.39, 0.29) is 12.6 Å². The first-order valence-corrected chi connectivity index (χ1v) is 7.66. The van der Waals surface area contributed by atoms with Crippen LogP contribution in [0.25, 0.3) is 0 Å². The zero-order valence-corrected chi connectivity index (χ0v) is 14.0. The molecule has 0 radical (unpaired) electrons. The maximum Gasteiger partial charge on any atom is 0.315 e. The Bertz CT molecular complexity index is 659. The Morgan fingerprint density at radius 3 is 2.74 bits per heavy atom. The molecule has 2 amide bonds. The van der Waals surface area contributed by atoms with Gasteiger partial charge in [0.15, 0.2) is 0 Å². The number of aryl methyl sites for hydroxylation is 2. The fourth-order valence-electron chi connectivity index (χ4n) is 2.45. The van der Waals surface area contributed by atoms with E-state index in [4.69, 9.17) is 4.42 Å². The van der Waals surface area contributed by atoms with E-state index in [9.17, 15) is 9.90 Å². The van der Waals surface area contributed by atoms with Gasteiger partial charge >= 0.3 is 6.03 Å². The van der Waals surface area contributed by atoms with E-state index in [0.29, 0.717) is 12.3 Å². The average Bonchev–Trinajstić information content (AvgIpc) is 3.13. The minimum Gasteiger partial charge on any atom is -0.466 e. The highest BCUT2D eigenvalue weighted by atomic mass is 16.4. The fourth-order valence-corrected chi connectivity index (χ4v) is 2.45. The SMILES string of the molecule is CCn1nc(C)c(CNC(=O)NC[C@@](C)(O)c2ccco2)c1C. The summed E-state index contributed by atoms with van der Waals surface area (Å²) < 4.78 is 7.08. The molecule has 3 N–H and O–H groups in total. The van der Waals surface area contributed by atoms with Crippen LogP contribution in [0.2, 0.25) is 0 Å². The molecule has 0 saturated heterocycles. The van der Waals surface area contributed by atoms with Gasteiger partial charge in [0.2, 0.25) is 0 Å². The molecule has 2 aromatic rings. The molecule has 0 unspecified atom stereocenters. The number of carbonyl (C=O) groups is 1. The summed E-state index contributed by atoms with van der Waals surface area (Å²) in [5.74, 6) is 0.411. The minimum absolute atomic E-state index is 0.0541. The number of rotatable bonds is 6. The zero-order chi connectivity index (χ0) is 17.0. The number of aromatic nitrogens is 2. The molecular formula is C16H24N4O3. The molecule has 0 fully saturated rings. The quantitative estimate of drug-likeness (QED) is 0.757. The van der Waals surface area contributed by atoms with Crippen molar-refractivity contribution in [2.75, 3.05) is 6.54 Å². The summed E-state index contributed by atoms with van der Waals surface area (Å²) in [6.07, 6.45) is 1.49. The second-order valence-electron chi connectivity index (χ2n) is 5.75. The maximum absolute atomic E-state index is 11.9. The normalized spacial score (nSPS) is 13.6. The topological polar surface area (TPSA) is 92.3 Å². The van der Waals surface area contributed by atoms with Crippen LogP contribution >= 0.6 is 0 Å². The number of aliphatic hydroxyl groups is 1. The molecule has 2 heterocycles. The van der Waals surface area contributed by atoms with Gasteiger partial charge < -0.3 is 20.2 Å². The van der Waals surface area contributed by atoms with E-state index >= 15 is 0 Å². The number of furan rings is 1. The van der Waals surface area contributed by atoms with E-state index in [1.165, 1.54) is 6.26 Å². The number of amides is 2. The summed E-state index contributed by atoms with van der Waals surface area (Å²) in [6, 6.07) is 3.02. The van der Waals surface area contributed by atoms with E-state index in [1.807, 2.05) is 25.5 Å². The van der Waals surface area contributed by atoms with Gasteiger partial charge in [-0.3, -0.25) is 4.68 Å². The Morgan fingerprint density at radius 1 is 1.43 bits per heavy atom. The Labute approximate surface area is 135 Å². The second-order valence-corrected chi connectivity index (χ2v) is 5.75. The average molecular weight is 320 g/mol. The molecule has 0 aliphatic heterocycles. The van der Waals surface area contributed by atoms with Gasteiger partial charge in [0.05, 0.1) is 18.5 Å². The van der Waals surface area contributed by atoms with Gasteiger partial charge in [-0.2, -0.15) is 5.10 Å². The third-order valence-corrected chi connectivity index (χ3v) is 3.90. The lowest BCUT2D eigenvalue weighted by Crippen LogP contribution is -2.43. The van der Waals surface area contributed by atoms with Gasteiger partial charge in [0.1, 0.15) is 11.4 Å². The number of carbonyl (C=O) groups excluding carboxylic acids is 1. The number of hydrogen-bond acceptors (Lipinski definition) is 4. The predicted molar refractivity (Wildman–Crippen MR) is 85.9 cm³/mol. The summed E-state index contributed by atoms with van der Waals surface area (Å²) in [4.78, 5) is 11.9. The first-order chi connectivity index (χ1) is 10.8. The molecule has 7 heteroatoms. The van der Waals surface area contributed by atoms with Crippen LogP contribution in [0, 0.1) is 13.8 Å². The van der Waals surface area contributed by atoms with Crippen LogP contribution in [0.5, 0.6) is 0 Å². The molecule has 126 valence electrons. The van der Waals surface area contributed by atoms with Crippen LogP contribution in [-0.2, 0) is 18.7 Å². The van der Waals surface area contributed by atoms with Crippen LogP contribution in [0.1, 0.15) is 36.6 Å². The van der Waals surface area contributed by atoms with E-state index in [2.05, 4.69) is 15.7 Å². The molecule has 0 aromatic carbocycles. The molecule has 2 rings (SSSR count). The lowest BCUT2D eigenvalue weighted by atomic mass is 10.0. The van der Waals surface area contributed by atoms with Gasteiger partial charge in [0.25, 0.3) is 0 Å². The van der Waals surface area contributed by atoms with Crippen molar-refractivity contribution in [3.8, 4) is 0 Å². The van der Waals surface area contributed by atoms with Crippen molar-refractivity contribution in [1.82, 2.24) is 20.4 Å². The molecule has 23 heavy (non-hydrogen) atoms. The summed E-state index contributed by atoms with van der Waals surface area (Å²) >= 11 is 0. The highest BCUT2D eigenvalue weighted by molar-refractivity contribution is 5.74. The monoisotopic (exact) mass is 320 g/mol. The predicted octanol–water partition coefficient (Wildman–Crippen LogP) is 1.82. The van der Waals surface area contributed by atoms with Gasteiger partial charge in [-0.05, 0) is 39.8 Å². The largest absolute Gasteiger partial charge is 0.466 e. The van der Waals surface area contributed by atoms with Crippen molar-refractivity contribution in [2.45, 2.75) is 46.4 Å². The van der Waals surface area contributed by atoms with Crippen LogP contribution in [-0.4, -0.2) is 27.5 Å². The van der Waals surface area contributed by atoms with Gasteiger partial charge in [-0.15, -0.1) is 0 Å². The van der Waals surface area contributed by atoms with Crippen LogP contribution in [0.15, 0.2) is 22.8 Å². The van der Waals surface area contributed by atoms with Crippen LogP contribution in [0.4, 0.5) is 4.79 Å². The highest BCUT2D eigenvalue weighted by Crippen LogP contribution is 2.19. The van der Waals surface area contributed by atoms with E-state index in [1.54, 1.807) is 19.1 Å². The van der Waals surface area contributed by atoms with Crippen molar-refractivity contribution in [1.29, 1.82) is 0 Å². The number of urea groups is 1. The summed E-state index contributed by atoms with van der Waals surface area (Å²) in [5, 5.41) is 20.1. The van der Waals surface area contributed by atoms with Gasteiger partial charge in [0, 0.05) is 24.3 Å². The second kappa shape index (κ2) is 6.87. The highest BCUT2D eigenvalue weighted by Gasteiger charge is 2.26. The molecule has 0 aliphatic carbocycles. The van der Waals surface area contributed by atoms with Crippen LogP contribution in [0.3, 0.4) is 0 Å². The summed E-state index contributed by atoms with van der Waals surface area (Å²) in [6.45, 7) is 8.78. The van der Waals surface area contributed by atoms with E-state index < -0.39 is 5.60 Å².